The second kappa shape index (κ2) is 6.00. The van der Waals surface area contributed by atoms with Crippen molar-refractivity contribution in [1.82, 2.24) is 4.72 Å². The number of benzene rings is 1. The average Bonchev–Trinajstić information content (AvgIpc) is 2.25. The molecule has 0 atom stereocenters. The molecular formula is C10H13BrClNO2S. The van der Waals surface area contributed by atoms with E-state index in [4.69, 9.17) is 11.6 Å². The van der Waals surface area contributed by atoms with Gasteiger partial charge in [0.1, 0.15) is 0 Å². The number of hydrogen-bond donors (Lipinski definition) is 1. The van der Waals surface area contributed by atoms with Crippen LogP contribution in [0.4, 0.5) is 0 Å². The van der Waals surface area contributed by atoms with Crippen molar-refractivity contribution in [2.45, 2.75) is 24.1 Å². The third-order valence-corrected chi connectivity index (χ3v) is 4.73. The molecule has 0 aliphatic heterocycles. The first kappa shape index (κ1) is 14.0. The number of halogens is 2. The summed E-state index contributed by atoms with van der Waals surface area (Å²) < 4.78 is 26.7. The molecule has 0 fully saturated rings. The van der Waals surface area contributed by atoms with E-state index in [9.17, 15) is 8.42 Å². The minimum atomic E-state index is -3.42. The van der Waals surface area contributed by atoms with Gasteiger partial charge in [-0.3, -0.25) is 0 Å². The Labute approximate surface area is 109 Å². The maximum absolute atomic E-state index is 11.8. The van der Waals surface area contributed by atoms with Gasteiger partial charge < -0.3 is 0 Å². The molecule has 3 nitrogen and oxygen atoms in total. The molecule has 0 bridgehead atoms. The Bertz CT molecular complexity index is 462. The molecule has 90 valence electrons. The Balaban J connectivity index is 3.04. The van der Waals surface area contributed by atoms with Gasteiger partial charge in [0.25, 0.3) is 0 Å². The molecule has 0 unspecified atom stereocenters. The summed E-state index contributed by atoms with van der Waals surface area (Å²) in [5, 5.41) is 0. The van der Waals surface area contributed by atoms with Crippen LogP contribution >= 0.6 is 27.5 Å². The second-order valence-electron chi connectivity index (χ2n) is 3.30. The standard InChI is InChI=1S/C10H13BrClNO2S/c1-2-5-13-16(14,15)10-4-3-8(7-12)6-9(10)11/h3-4,6,13H,2,5,7H2,1H3. The minimum Gasteiger partial charge on any atom is -0.211 e. The summed E-state index contributed by atoms with van der Waals surface area (Å²) in [6, 6.07) is 4.98. The fourth-order valence-corrected chi connectivity index (χ4v) is 3.58. The number of nitrogens with one attached hydrogen (secondary N) is 1. The van der Waals surface area contributed by atoms with E-state index < -0.39 is 10.0 Å². The van der Waals surface area contributed by atoms with Crippen molar-refractivity contribution in [3.05, 3.63) is 28.2 Å². The molecule has 1 N–H and O–H groups in total. The van der Waals surface area contributed by atoms with Crippen LogP contribution < -0.4 is 4.72 Å². The molecule has 0 amide bonds. The number of rotatable bonds is 5. The van der Waals surface area contributed by atoms with E-state index in [1.807, 2.05) is 6.92 Å². The molecule has 0 spiro atoms. The summed E-state index contributed by atoms with van der Waals surface area (Å²) in [6.45, 7) is 2.35. The molecular weight excluding hydrogens is 314 g/mol. The van der Waals surface area contributed by atoms with Crippen LogP contribution in [0.25, 0.3) is 0 Å². The van der Waals surface area contributed by atoms with Crippen LogP contribution in [0.15, 0.2) is 27.6 Å². The van der Waals surface area contributed by atoms with Crippen LogP contribution in [0.1, 0.15) is 18.9 Å². The summed E-state index contributed by atoms with van der Waals surface area (Å²) in [5.41, 5.74) is 0.878. The highest BCUT2D eigenvalue weighted by Gasteiger charge is 2.16. The summed E-state index contributed by atoms with van der Waals surface area (Å²) in [7, 11) is -3.42. The lowest BCUT2D eigenvalue weighted by Gasteiger charge is -2.08. The lowest BCUT2D eigenvalue weighted by molar-refractivity contribution is 0.580. The predicted molar refractivity (Wildman–Crippen MR) is 69.2 cm³/mol. The largest absolute Gasteiger partial charge is 0.241 e. The second-order valence-corrected chi connectivity index (χ2v) is 6.15. The van der Waals surface area contributed by atoms with Gasteiger partial charge in [-0.25, -0.2) is 13.1 Å². The van der Waals surface area contributed by atoms with Crippen molar-refractivity contribution in [3.63, 3.8) is 0 Å². The predicted octanol–water partition coefficient (Wildman–Crippen LogP) is 2.88. The number of alkyl halides is 1. The first-order valence-electron chi connectivity index (χ1n) is 4.85. The molecule has 0 saturated carbocycles. The molecule has 1 aromatic carbocycles. The Kier molecular flexibility index (Phi) is 5.24. The summed E-state index contributed by atoms with van der Waals surface area (Å²) in [5.74, 6) is 0.362. The smallest absolute Gasteiger partial charge is 0.211 e. The average molecular weight is 327 g/mol. The van der Waals surface area contributed by atoms with E-state index in [-0.39, 0.29) is 4.90 Å². The van der Waals surface area contributed by atoms with Crippen LogP contribution in [0.5, 0.6) is 0 Å². The Morgan fingerprint density at radius 3 is 2.62 bits per heavy atom. The SMILES string of the molecule is CCCNS(=O)(=O)c1ccc(CCl)cc1Br. The van der Waals surface area contributed by atoms with Gasteiger partial charge >= 0.3 is 0 Å². The van der Waals surface area contributed by atoms with Crippen molar-refractivity contribution in [1.29, 1.82) is 0 Å². The van der Waals surface area contributed by atoms with Gasteiger partial charge in [0.2, 0.25) is 10.0 Å². The van der Waals surface area contributed by atoms with Crippen LogP contribution in [0, 0.1) is 0 Å². The first-order valence-corrected chi connectivity index (χ1v) is 7.66. The molecule has 16 heavy (non-hydrogen) atoms. The Hall–Kier alpha value is -0.100. The van der Waals surface area contributed by atoms with Crippen LogP contribution in [0.3, 0.4) is 0 Å². The normalized spacial score (nSPS) is 11.7. The van der Waals surface area contributed by atoms with Crippen LogP contribution in [0.2, 0.25) is 0 Å². The van der Waals surface area contributed by atoms with E-state index in [2.05, 4.69) is 20.7 Å². The van der Waals surface area contributed by atoms with E-state index in [0.29, 0.717) is 16.9 Å². The van der Waals surface area contributed by atoms with E-state index in [1.165, 1.54) is 0 Å². The first-order chi connectivity index (χ1) is 7.51. The topological polar surface area (TPSA) is 46.2 Å². The zero-order chi connectivity index (χ0) is 12.2. The Morgan fingerprint density at radius 2 is 2.12 bits per heavy atom. The van der Waals surface area contributed by atoms with Gasteiger partial charge in [0.15, 0.2) is 0 Å². The highest BCUT2D eigenvalue weighted by molar-refractivity contribution is 9.10. The van der Waals surface area contributed by atoms with Crippen LogP contribution in [-0.4, -0.2) is 15.0 Å². The Morgan fingerprint density at radius 1 is 1.44 bits per heavy atom. The molecule has 1 aromatic rings. The van der Waals surface area contributed by atoms with Crippen molar-refractivity contribution >= 4 is 37.6 Å². The van der Waals surface area contributed by atoms with E-state index in [0.717, 1.165) is 12.0 Å². The zero-order valence-electron chi connectivity index (χ0n) is 8.83. The van der Waals surface area contributed by atoms with Crippen molar-refractivity contribution in [2.24, 2.45) is 0 Å². The minimum absolute atomic E-state index is 0.245. The number of sulfonamides is 1. The molecule has 0 aromatic heterocycles. The maximum atomic E-state index is 11.8. The highest BCUT2D eigenvalue weighted by atomic mass is 79.9. The van der Waals surface area contributed by atoms with E-state index >= 15 is 0 Å². The molecule has 1 rings (SSSR count). The summed E-state index contributed by atoms with van der Waals surface area (Å²) in [6.07, 6.45) is 0.761. The molecule has 0 aliphatic carbocycles. The third-order valence-electron chi connectivity index (χ3n) is 1.98. The monoisotopic (exact) mass is 325 g/mol. The van der Waals surface area contributed by atoms with Gasteiger partial charge in [-0.1, -0.05) is 13.0 Å². The lowest BCUT2D eigenvalue weighted by atomic mass is 10.2. The van der Waals surface area contributed by atoms with Crippen LogP contribution in [-0.2, 0) is 15.9 Å². The van der Waals surface area contributed by atoms with Crippen molar-refractivity contribution in [2.75, 3.05) is 6.54 Å². The summed E-state index contributed by atoms with van der Waals surface area (Å²) >= 11 is 8.90. The molecule has 0 radical (unpaired) electrons. The summed E-state index contributed by atoms with van der Waals surface area (Å²) in [4.78, 5) is 0.245. The third kappa shape index (κ3) is 3.45. The van der Waals surface area contributed by atoms with Gasteiger partial charge in [0, 0.05) is 16.9 Å². The van der Waals surface area contributed by atoms with Gasteiger partial charge in [0.05, 0.1) is 4.90 Å². The van der Waals surface area contributed by atoms with Crippen molar-refractivity contribution in [3.8, 4) is 0 Å². The van der Waals surface area contributed by atoms with E-state index in [1.54, 1.807) is 18.2 Å². The van der Waals surface area contributed by atoms with Gasteiger partial charge in [-0.15, -0.1) is 11.6 Å². The maximum Gasteiger partial charge on any atom is 0.241 e. The fraction of sp³-hybridized carbons (Fsp3) is 0.400. The van der Waals surface area contributed by atoms with Gasteiger partial charge in [-0.05, 0) is 40.0 Å². The van der Waals surface area contributed by atoms with Crippen molar-refractivity contribution < 1.29 is 8.42 Å². The quantitative estimate of drug-likeness (QED) is 0.846. The molecule has 0 saturated heterocycles. The number of hydrogen-bond acceptors (Lipinski definition) is 2. The molecule has 0 heterocycles. The fourth-order valence-electron chi connectivity index (χ4n) is 1.16. The molecule has 0 aliphatic rings. The molecule has 6 heteroatoms. The zero-order valence-corrected chi connectivity index (χ0v) is 12.0. The lowest BCUT2D eigenvalue weighted by Crippen LogP contribution is -2.24. The van der Waals surface area contributed by atoms with Gasteiger partial charge in [-0.2, -0.15) is 0 Å². The highest BCUT2D eigenvalue weighted by Crippen LogP contribution is 2.23.